The van der Waals surface area contributed by atoms with Crippen molar-refractivity contribution in [2.75, 3.05) is 20.2 Å². The Hall–Kier alpha value is -3.54. The molecule has 9 heteroatoms. The fourth-order valence-corrected chi connectivity index (χ4v) is 5.98. The van der Waals surface area contributed by atoms with Crippen molar-refractivity contribution in [3.63, 3.8) is 0 Å². The molecule has 0 bridgehead atoms. The summed E-state index contributed by atoms with van der Waals surface area (Å²) in [5.74, 6) is 0.159. The number of nitrogens with one attached hydrogen (secondary N) is 3. The molecule has 178 valence electrons. The summed E-state index contributed by atoms with van der Waals surface area (Å²) < 4.78 is 5.42. The number of aromatic nitrogens is 1. The zero-order chi connectivity index (χ0) is 23.8. The Bertz CT molecular complexity index is 1170. The van der Waals surface area contributed by atoms with Gasteiger partial charge in [-0.2, -0.15) is 5.26 Å². The van der Waals surface area contributed by atoms with Crippen LogP contribution in [0.2, 0.25) is 0 Å². The first kappa shape index (κ1) is 22.3. The van der Waals surface area contributed by atoms with Crippen LogP contribution in [0.4, 0.5) is 0 Å². The Morgan fingerprint density at radius 2 is 2.18 bits per heavy atom. The predicted octanol–water partition coefficient (Wildman–Crippen LogP) is 1.95. The number of carbonyl (C=O) groups is 3. The van der Waals surface area contributed by atoms with Crippen molar-refractivity contribution in [1.29, 1.82) is 5.26 Å². The highest BCUT2D eigenvalue weighted by atomic mass is 16.5. The number of hydrogen-bond acceptors (Lipinski definition) is 5. The van der Waals surface area contributed by atoms with E-state index in [1.807, 2.05) is 18.2 Å². The fraction of sp³-hybridized carbons (Fsp3) is 0.520. The van der Waals surface area contributed by atoms with E-state index in [9.17, 15) is 19.6 Å². The van der Waals surface area contributed by atoms with Crippen LogP contribution in [0.3, 0.4) is 0 Å². The van der Waals surface area contributed by atoms with Crippen LogP contribution in [0.25, 0.3) is 10.9 Å². The van der Waals surface area contributed by atoms with Crippen molar-refractivity contribution in [1.82, 2.24) is 20.5 Å². The molecule has 1 aliphatic carbocycles. The summed E-state index contributed by atoms with van der Waals surface area (Å²) in [6, 6.07) is 8.10. The van der Waals surface area contributed by atoms with Gasteiger partial charge in [-0.3, -0.25) is 14.4 Å². The third-order valence-corrected chi connectivity index (χ3v) is 7.65. The van der Waals surface area contributed by atoms with Gasteiger partial charge in [-0.15, -0.1) is 0 Å². The molecule has 3 fully saturated rings. The first-order chi connectivity index (χ1) is 16.5. The van der Waals surface area contributed by atoms with Crippen LogP contribution in [-0.2, 0) is 9.59 Å². The van der Waals surface area contributed by atoms with Gasteiger partial charge in [0.25, 0.3) is 5.91 Å². The maximum Gasteiger partial charge on any atom is 0.271 e. The van der Waals surface area contributed by atoms with Gasteiger partial charge in [0.05, 0.1) is 13.2 Å². The molecular weight excluding hydrogens is 434 g/mol. The minimum Gasteiger partial charge on any atom is -0.496 e. The van der Waals surface area contributed by atoms with Gasteiger partial charge in [0.2, 0.25) is 11.8 Å². The highest BCUT2D eigenvalue weighted by Gasteiger charge is 2.50. The summed E-state index contributed by atoms with van der Waals surface area (Å²) >= 11 is 0. The van der Waals surface area contributed by atoms with Gasteiger partial charge in [-0.25, -0.2) is 0 Å². The van der Waals surface area contributed by atoms with Gasteiger partial charge in [-0.1, -0.05) is 12.5 Å². The maximum absolute atomic E-state index is 13.6. The van der Waals surface area contributed by atoms with Crippen molar-refractivity contribution in [2.24, 2.45) is 17.8 Å². The Labute approximate surface area is 197 Å². The number of methoxy groups -OCH3 is 1. The van der Waals surface area contributed by atoms with Gasteiger partial charge in [0, 0.05) is 29.9 Å². The quantitative estimate of drug-likeness (QED) is 0.603. The van der Waals surface area contributed by atoms with Crippen molar-refractivity contribution >= 4 is 28.6 Å². The van der Waals surface area contributed by atoms with Crippen LogP contribution in [0, 0.1) is 29.1 Å². The largest absolute Gasteiger partial charge is 0.496 e. The standard InChI is InChI=1S/C25H29N5O4/c1-34-21-7-3-6-19-18(21)11-20(29-19)25(33)30-13-15-4-2-5-17(15)22(30)24(32)28-16(12-26)10-14-8-9-27-23(14)31/h3,6-7,11,14-17,22,29H,2,4-5,8-10,13H2,1H3,(H,27,31)(H,28,32)/t14-,15+,16?,17+,22-/m0/s1. The van der Waals surface area contributed by atoms with E-state index in [1.165, 1.54) is 0 Å². The first-order valence-electron chi connectivity index (χ1n) is 11.9. The lowest BCUT2D eigenvalue weighted by molar-refractivity contribution is -0.127. The van der Waals surface area contributed by atoms with Crippen molar-refractivity contribution in [2.45, 2.75) is 44.2 Å². The molecule has 3 amide bonds. The molecule has 2 aromatic rings. The van der Waals surface area contributed by atoms with Gasteiger partial charge in [0.15, 0.2) is 0 Å². The van der Waals surface area contributed by atoms with Gasteiger partial charge in [-0.05, 0) is 55.7 Å². The van der Waals surface area contributed by atoms with Gasteiger partial charge < -0.3 is 25.3 Å². The minimum atomic E-state index is -0.768. The third-order valence-electron chi connectivity index (χ3n) is 7.65. The summed E-state index contributed by atoms with van der Waals surface area (Å²) in [7, 11) is 1.59. The van der Waals surface area contributed by atoms with Crippen LogP contribution >= 0.6 is 0 Å². The Morgan fingerprint density at radius 3 is 2.91 bits per heavy atom. The lowest BCUT2D eigenvalue weighted by atomic mass is 9.92. The number of nitrogens with zero attached hydrogens (tertiary/aromatic N) is 2. The van der Waals surface area contributed by atoms with Crippen molar-refractivity contribution in [3.05, 3.63) is 30.0 Å². The zero-order valence-corrected chi connectivity index (χ0v) is 19.2. The van der Waals surface area contributed by atoms with Crippen LogP contribution in [-0.4, -0.2) is 59.9 Å². The van der Waals surface area contributed by atoms with E-state index in [0.717, 1.165) is 30.2 Å². The predicted molar refractivity (Wildman–Crippen MR) is 124 cm³/mol. The number of likely N-dealkylation sites (tertiary alicyclic amines) is 1. The normalized spacial score (nSPS) is 26.7. The molecule has 5 atom stereocenters. The highest BCUT2D eigenvalue weighted by Crippen LogP contribution is 2.43. The Morgan fingerprint density at radius 1 is 1.32 bits per heavy atom. The smallest absolute Gasteiger partial charge is 0.271 e. The second-order valence-electron chi connectivity index (χ2n) is 9.56. The fourth-order valence-electron chi connectivity index (χ4n) is 5.98. The summed E-state index contributed by atoms with van der Waals surface area (Å²) in [5, 5.41) is 16.1. The number of benzene rings is 1. The number of ether oxygens (including phenoxy) is 1. The molecule has 1 aromatic heterocycles. The summed E-state index contributed by atoms with van der Waals surface area (Å²) in [6.07, 6.45) is 3.85. The highest BCUT2D eigenvalue weighted by molar-refractivity contribution is 6.02. The molecule has 3 heterocycles. The second-order valence-corrected chi connectivity index (χ2v) is 9.56. The maximum atomic E-state index is 13.6. The number of carbonyl (C=O) groups excluding carboxylic acids is 3. The molecule has 1 unspecified atom stereocenters. The van der Waals surface area contributed by atoms with E-state index in [2.05, 4.69) is 21.7 Å². The topological polar surface area (TPSA) is 127 Å². The average molecular weight is 464 g/mol. The molecule has 1 saturated carbocycles. The lowest BCUT2D eigenvalue weighted by Crippen LogP contribution is -2.51. The van der Waals surface area contributed by atoms with Crippen LogP contribution in [0.1, 0.15) is 42.6 Å². The summed E-state index contributed by atoms with van der Waals surface area (Å²) in [5.41, 5.74) is 1.21. The minimum absolute atomic E-state index is 0.0720. The molecule has 3 aliphatic rings. The van der Waals surface area contributed by atoms with Crippen LogP contribution < -0.4 is 15.4 Å². The molecule has 1 aromatic carbocycles. The van der Waals surface area contributed by atoms with E-state index in [1.54, 1.807) is 18.1 Å². The lowest BCUT2D eigenvalue weighted by Gasteiger charge is -2.28. The molecule has 9 nitrogen and oxygen atoms in total. The zero-order valence-electron chi connectivity index (χ0n) is 19.2. The van der Waals surface area contributed by atoms with Crippen LogP contribution in [0.15, 0.2) is 24.3 Å². The molecule has 0 radical (unpaired) electrons. The Balaban J connectivity index is 1.37. The van der Waals surface area contributed by atoms with Crippen molar-refractivity contribution in [3.8, 4) is 11.8 Å². The van der Waals surface area contributed by atoms with Crippen molar-refractivity contribution < 1.29 is 19.1 Å². The number of hydrogen-bond donors (Lipinski definition) is 3. The van der Waals surface area contributed by atoms with E-state index in [-0.39, 0.29) is 41.9 Å². The molecule has 34 heavy (non-hydrogen) atoms. The van der Waals surface area contributed by atoms with E-state index >= 15 is 0 Å². The number of fused-ring (bicyclic) bond motifs is 2. The first-order valence-corrected chi connectivity index (χ1v) is 11.9. The monoisotopic (exact) mass is 463 g/mol. The SMILES string of the molecule is COc1cccc2[nH]c(C(=O)N3C[C@H]4CCC[C@H]4[C@H]3C(=O)NC(C#N)C[C@@H]3CCNC3=O)cc12. The Kier molecular flexibility index (Phi) is 5.90. The molecule has 3 N–H and O–H groups in total. The number of aromatic amines is 1. The molecule has 5 rings (SSSR count). The summed E-state index contributed by atoms with van der Waals surface area (Å²) in [4.78, 5) is 43.8. The van der Waals surface area contributed by atoms with E-state index in [4.69, 9.17) is 4.74 Å². The van der Waals surface area contributed by atoms with E-state index in [0.29, 0.717) is 31.0 Å². The van der Waals surface area contributed by atoms with E-state index < -0.39 is 12.1 Å². The average Bonchev–Trinajstić information content (AvgIpc) is 3.61. The molecule has 0 spiro atoms. The number of rotatable bonds is 6. The second kappa shape index (κ2) is 9.01. The van der Waals surface area contributed by atoms with Crippen LogP contribution in [0.5, 0.6) is 5.75 Å². The third kappa shape index (κ3) is 3.87. The molecular formula is C25H29N5O4. The molecule has 2 saturated heterocycles. The number of amides is 3. The van der Waals surface area contributed by atoms with Gasteiger partial charge >= 0.3 is 0 Å². The number of H-pyrrole nitrogens is 1. The summed E-state index contributed by atoms with van der Waals surface area (Å²) in [6.45, 7) is 1.12. The number of nitriles is 1. The van der Waals surface area contributed by atoms with Gasteiger partial charge in [0.1, 0.15) is 23.5 Å². The molecule has 2 aliphatic heterocycles.